The van der Waals surface area contributed by atoms with Crippen LogP contribution in [0.2, 0.25) is 5.02 Å². The van der Waals surface area contributed by atoms with Crippen molar-refractivity contribution in [2.24, 2.45) is 5.92 Å². The van der Waals surface area contributed by atoms with Crippen LogP contribution >= 0.6 is 11.6 Å². The molecule has 0 amide bonds. The number of carboxylic acid groups (broad SMARTS) is 1. The lowest BCUT2D eigenvalue weighted by atomic mass is 10.1. The fourth-order valence-electron chi connectivity index (χ4n) is 1.48. The van der Waals surface area contributed by atoms with Gasteiger partial charge < -0.3 is 15.2 Å². The Morgan fingerprint density at radius 2 is 2.29 bits per heavy atom. The standard InChI is InChI=1S/C12H16ClNO3/c1-8(7-17-2)6-14-11-5-9(13)3-4-10(11)12(15)16/h3-5,8,14H,6-7H2,1-2H3,(H,15,16). The monoisotopic (exact) mass is 257 g/mol. The molecule has 0 aliphatic carbocycles. The molecular formula is C12H16ClNO3. The maximum Gasteiger partial charge on any atom is 0.337 e. The summed E-state index contributed by atoms with van der Waals surface area (Å²) in [5, 5.41) is 12.6. The first-order chi connectivity index (χ1) is 8.04. The number of hydrogen-bond acceptors (Lipinski definition) is 3. The first-order valence-corrected chi connectivity index (χ1v) is 5.68. The molecule has 0 fully saturated rings. The third-order valence-electron chi connectivity index (χ3n) is 2.30. The molecule has 2 N–H and O–H groups in total. The Balaban J connectivity index is 2.75. The summed E-state index contributed by atoms with van der Waals surface area (Å²) in [6.07, 6.45) is 0. The fraction of sp³-hybridized carbons (Fsp3) is 0.417. The molecule has 17 heavy (non-hydrogen) atoms. The van der Waals surface area contributed by atoms with Gasteiger partial charge in [-0.3, -0.25) is 0 Å². The third kappa shape index (κ3) is 4.24. The van der Waals surface area contributed by atoms with Crippen LogP contribution in [0.4, 0.5) is 5.69 Å². The van der Waals surface area contributed by atoms with Crippen molar-refractivity contribution in [2.45, 2.75) is 6.92 Å². The molecule has 94 valence electrons. The largest absolute Gasteiger partial charge is 0.478 e. The van der Waals surface area contributed by atoms with Crippen molar-refractivity contribution in [3.05, 3.63) is 28.8 Å². The summed E-state index contributed by atoms with van der Waals surface area (Å²) in [6, 6.07) is 4.67. The second-order valence-corrected chi connectivity index (χ2v) is 4.37. The molecule has 0 radical (unpaired) electrons. The number of benzene rings is 1. The van der Waals surface area contributed by atoms with Crippen molar-refractivity contribution in [3.63, 3.8) is 0 Å². The van der Waals surface area contributed by atoms with Crippen LogP contribution in [0, 0.1) is 5.92 Å². The summed E-state index contributed by atoms with van der Waals surface area (Å²) in [7, 11) is 1.64. The average molecular weight is 258 g/mol. The average Bonchev–Trinajstić information content (AvgIpc) is 2.26. The Bertz CT molecular complexity index is 395. The van der Waals surface area contributed by atoms with Crippen LogP contribution in [-0.2, 0) is 4.74 Å². The van der Waals surface area contributed by atoms with Gasteiger partial charge in [0.25, 0.3) is 0 Å². The molecule has 1 unspecified atom stereocenters. The van der Waals surface area contributed by atoms with E-state index in [2.05, 4.69) is 5.32 Å². The minimum Gasteiger partial charge on any atom is -0.478 e. The maximum absolute atomic E-state index is 11.0. The van der Waals surface area contributed by atoms with Gasteiger partial charge in [-0.25, -0.2) is 4.79 Å². The Morgan fingerprint density at radius 1 is 1.59 bits per heavy atom. The van der Waals surface area contributed by atoms with Crippen molar-refractivity contribution in [1.82, 2.24) is 0 Å². The number of aromatic carboxylic acids is 1. The lowest BCUT2D eigenvalue weighted by Crippen LogP contribution is -2.17. The minimum atomic E-state index is -0.969. The van der Waals surface area contributed by atoms with E-state index in [-0.39, 0.29) is 5.56 Å². The molecule has 1 aromatic carbocycles. The van der Waals surface area contributed by atoms with E-state index in [0.29, 0.717) is 29.8 Å². The number of methoxy groups -OCH3 is 1. The van der Waals surface area contributed by atoms with Crippen LogP contribution < -0.4 is 5.32 Å². The predicted molar refractivity (Wildman–Crippen MR) is 67.9 cm³/mol. The van der Waals surface area contributed by atoms with Gasteiger partial charge in [0.1, 0.15) is 0 Å². The van der Waals surface area contributed by atoms with Crippen LogP contribution in [0.3, 0.4) is 0 Å². The van der Waals surface area contributed by atoms with Crippen molar-refractivity contribution >= 4 is 23.3 Å². The number of carbonyl (C=O) groups is 1. The first-order valence-electron chi connectivity index (χ1n) is 5.30. The number of anilines is 1. The topological polar surface area (TPSA) is 58.6 Å². The molecule has 0 aromatic heterocycles. The summed E-state index contributed by atoms with van der Waals surface area (Å²) in [6.45, 7) is 3.27. The highest BCUT2D eigenvalue weighted by molar-refractivity contribution is 6.31. The van der Waals surface area contributed by atoms with Gasteiger partial charge in [0, 0.05) is 18.7 Å². The van der Waals surface area contributed by atoms with Crippen molar-refractivity contribution in [2.75, 3.05) is 25.6 Å². The number of halogens is 1. The van der Waals surface area contributed by atoms with Gasteiger partial charge in [-0.2, -0.15) is 0 Å². The Morgan fingerprint density at radius 3 is 2.88 bits per heavy atom. The summed E-state index contributed by atoms with van der Waals surface area (Å²) < 4.78 is 5.01. The van der Waals surface area contributed by atoms with Gasteiger partial charge in [0.15, 0.2) is 0 Å². The van der Waals surface area contributed by atoms with Gasteiger partial charge in [0.2, 0.25) is 0 Å². The second-order valence-electron chi connectivity index (χ2n) is 3.94. The zero-order chi connectivity index (χ0) is 12.8. The lowest BCUT2D eigenvalue weighted by Gasteiger charge is -2.14. The second kappa shape index (κ2) is 6.47. The van der Waals surface area contributed by atoms with E-state index in [1.54, 1.807) is 19.2 Å². The molecule has 5 heteroatoms. The molecular weight excluding hydrogens is 242 g/mol. The van der Waals surface area contributed by atoms with Crippen LogP contribution in [-0.4, -0.2) is 31.3 Å². The highest BCUT2D eigenvalue weighted by Gasteiger charge is 2.11. The van der Waals surface area contributed by atoms with Gasteiger partial charge in [-0.15, -0.1) is 0 Å². The molecule has 0 bridgehead atoms. The maximum atomic E-state index is 11.0. The van der Waals surface area contributed by atoms with Crippen LogP contribution in [0.1, 0.15) is 17.3 Å². The summed E-state index contributed by atoms with van der Waals surface area (Å²) in [4.78, 5) is 11.0. The number of ether oxygens (including phenoxy) is 1. The van der Waals surface area contributed by atoms with E-state index in [4.69, 9.17) is 21.4 Å². The van der Waals surface area contributed by atoms with Gasteiger partial charge in [-0.05, 0) is 24.1 Å². The highest BCUT2D eigenvalue weighted by Crippen LogP contribution is 2.21. The zero-order valence-electron chi connectivity index (χ0n) is 9.87. The molecule has 0 heterocycles. The van der Waals surface area contributed by atoms with E-state index in [1.165, 1.54) is 6.07 Å². The molecule has 0 spiro atoms. The predicted octanol–water partition coefficient (Wildman–Crippen LogP) is 2.73. The fourth-order valence-corrected chi connectivity index (χ4v) is 1.65. The smallest absolute Gasteiger partial charge is 0.337 e. The molecule has 1 atom stereocenters. The van der Waals surface area contributed by atoms with Crippen molar-refractivity contribution in [3.8, 4) is 0 Å². The molecule has 0 saturated heterocycles. The van der Waals surface area contributed by atoms with E-state index in [1.807, 2.05) is 6.92 Å². The van der Waals surface area contributed by atoms with Crippen LogP contribution in [0.5, 0.6) is 0 Å². The van der Waals surface area contributed by atoms with Crippen molar-refractivity contribution in [1.29, 1.82) is 0 Å². The Labute approximate surface area is 106 Å². The third-order valence-corrected chi connectivity index (χ3v) is 2.54. The molecule has 0 aliphatic heterocycles. The number of rotatable bonds is 6. The number of hydrogen-bond donors (Lipinski definition) is 2. The Kier molecular flexibility index (Phi) is 5.25. The van der Waals surface area contributed by atoms with Crippen molar-refractivity contribution < 1.29 is 14.6 Å². The van der Waals surface area contributed by atoms with Gasteiger partial charge in [0.05, 0.1) is 17.9 Å². The number of carboxylic acids is 1. The first kappa shape index (κ1) is 13.8. The van der Waals surface area contributed by atoms with Crippen LogP contribution in [0.25, 0.3) is 0 Å². The zero-order valence-corrected chi connectivity index (χ0v) is 10.6. The summed E-state index contributed by atoms with van der Waals surface area (Å²) in [5.41, 5.74) is 0.756. The van der Waals surface area contributed by atoms with Gasteiger partial charge >= 0.3 is 5.97 Å². The quantitative estimate of drug-likeness (QED) is 0.823. The van der Waals surface area contributed by atoms with E-state index in [9.17, 15) is 4.79 Å². The molecule has 4 nitrogen and oxygen atoms in total. The highest BCUT2D eigenvalue weighted by atomic mass is 35.5. The Hall–Kier alpha value is -1.26. The van der Waals surface area contributed by atoms with Crippen LogP contribution in [0.15, 0.2) is 18.2 Å². The van der Waals surface area contributed by atoms with E-state index in [0.717, 1.165) is 0 Å². The summed E-state index contributed by atoms with van der Waals surface area (Å²) >= 11 is 5.84. The molecule has 1 rings (SSSR count). The van der Waals surface area contributed by atoms with E-state index < -0.39 is 5.97 Å². The van der Waals surface area contributed by atoms with E-state index >= 15 is 0 Å². The normalized spacial score (nSPS) is 12.2. The molecule has 1 aromatic rings. The molecule has 0 aliphatic rings. The van der Waals surface area contributed by atoms with Gasteiger partial charge in [-0.1, -0.05) is 18.5 Å². The molecule has 0 saturated carbocycles. The lowest BCUT2D eigenvalue weighted by molar-refractivity contribution is 0.0698. The minimum absolute atomic E-state index is 0.221. The SMILES string of the molecule is COCC(C)CNc1cc(Cl)ccc1C(=O)O. The summed E-state index contributed by atoms with van der Waals surface area (Å²) in [5.74, 6) is -0.677. The number of nitrogens with one attached hydrogen (secondary N) is 1.